The van der Waals surface area contributed by atoms with Crippen molar-refractivity contribution in [2.24, 2.45) is 0 Å². The molecule has 0 spiro atoms. The molecule has 0 saturated carbocycles. The van der Waals surface area contributed by atoms with E-state index in [4.69, 9.17) is 0 Å². The molecule has 2 heteroatoms. The topological polar surface area (TPSA) is 12.9 Å². The molecule has 0 atom stereocenters. The Bertz CT molecular complexity index is 642. The minimum atomic E-state index is 1.05. The smallest absolute Gasteiger partial charge is 0.0719 e. The minimum Gasteiger partial charge on any atom is -0.253 e. The molecule has 1 aromatic carbocycles. The van der Waals surface area contributed by atoms with Crippen molar-refractivity contribution in [1.29, 1.82) is 0 Å². The first kappa shape index (κ1) is 11.2. The quantitative estimate of drug-likeness (QED) is 0.638. The van der Waals surface area contributed by atoms with E-state index in [1.807, 2.05) is 13.0 Å². The Balaban J connectivity index is 2.12. The molecular weight excluding hydrogens is 238 g/mol. The maximum Gasteiger partial charge on any atom is 0.0719 e. The highest BCUT2D eigenvalue weighted by Gasteiger charge is 2.04. The van der Waals surface area contributed by atoms with Crippen LogP contribution in [0.25, 0.3) is 22.4 Å². The summed E-state index contributed by atoms with van der Waals surface area (Å²) >= 11 is 1.70. The van der Waals surface area contributed by atoms with Gasteiger partial charge in [0.05, 0.1) is 5.69 Å². The van der Waals surface area contributed by atoms with E-state index in [0.29, 0.717) is 0 Å². The van der Waals surface area contributed by atoms with Gasteiger partial charge in [-0.15, -0.1) is 0 Å². The zero-order chi connectivity index (χ0) is 12.4. The van der Waals surface area contributed by atoms with Gasteiger partial charge in [0, 0.05) is 16.6 Å². The molecule has 0 radical (unpaired) electrons. The lowest BCUT2D eigenvalue weighted by Crippen LogP contribution is -1.88. The third kappa shape index (κ3) is 2.20. The van der Waals surface area contributed by atoms with Crippen LogP contribution in [0.15, 0.2) is 59.3 Å². The summed E-state index contributed by atoms with van der Waals surface area (Å²) in [7, 11) is 0. The summed E-state index contributed by atoms with van der Waals surface area (Å²) in [6.07, 6.45) is 0. The second-order valence-corrected chi connectivity index (χ2v) is 5.04. The number of thiophene rings is 1. The lowest BCUT2D eigenvalue weighted by atomic mass is 10.0. The van der Waals surface area contributed by atoms with Gasteiger partial charge in [0.25, 0.3) is 0 Å². The maximum atomic E-state index is 4.61. The summed E-state index contributed by atoms with van der Waals surface area (Å²) in [5.41, 5.74) is 5.76. The second-order valence-electron chi connectivity index (χ2n) is 4.26. The van der Waals surface area contributed by atoms with Crippen LogP contribution in [0.5, 0.6) is 0 Å². The molecule has 2 aromatic heterocycles. The van der Waals surface area contributed by atoms with Crippen LogP contribution in [-0.2, 0) is 0 Å². The summed E-state index contributed by atoms with van der Waals surface area (Å²) in [5.74, 6) is 0. The van der Waals surface area contributed by atoms with Crippen molar-refractivity contribution in [1.82, 2.24) is 4.98 Å². The van der Waals surface area contributed by atoms with E-state index in [1.165, 1.54) is 16.7 Å². The zero-order valence-electron chi connectivity index (χ0n) is 10.1. The number of pyridine rings is 1. The summed E-state index contributed by atoms with van der Waals surface area (Å²) < 4.78 is 0. The lowest BCUT2D eigenvalue weighted by Gasteiger charge is -2.06. The van der Waals surface area contributed by atoms with E-state index in [-0.39, 0.29) is 0 Å². The first-order chi connectivity index (χ1) is 8.83. The van der Waals surface area contributed by atoms with Crippen molar-refractivity contribution in [3.8, 4) is 22.4 Å². The number of aromatic nitrogens is 1. The first-order valence-corrected chi connectivity index (χ1v) is 6.84. The molecule has 0 bridgehead atoms. The molecule has 3 rings (SSSR count). The molecule has 1 nitrogen and oxygen atoms in total. The van der Waals surface area contributed by atoms with Gasteiger partial charge < -0.3 is 0 Å². The SMILES string of the molecule is Cc1cc(-c2ccccc2)cc(-c2ccsc2)n1. The number of rotatable bonds is 2. The normalized spacial score (nSPS) is 10.5. The van der Waals surface area contributed by atoms with E-state index < -0.39 is 0 Å². The monoisotopic (exact) mass is 251 g/mol. The largest absolute Gasteiger partial charge is 0.253 e. The van der Waals surface area contributed by atoms with Gasteiger partial charge in [0.2, 0.25) is 0 Å². The minimum absolute atomic E-state index is 1.05. The van der Waals surface area contributed by atoms with E-state index >= 15 is 0 Å². The lowest BCUT2D eigenvalue weighted by molar-refractivity contribution is 1.21. The highest BCUT2D eigenvalue weighted by atomic mass is 32.1. The molecule has 88 valence electrons. The van der Waals surface area contributed by atoms with Crippen LogP contribution >= 0.6 is 11.3 Å². The summed E-state index contributed by atoms with van der Waals surface area (Å²) in [5, 5.41) is 4.22. The van der Waals surface area contributed by atoms with Gasteiger partial charge in [-0.2, -0.15) is 11.3 Å². The fourth-order valence-corrected chi connectivity index (χ4v) is 2.67. The highest BCUT2D eigenvalue weighted by Crippen LogP contribution is 2.26. The molecule has 0 amide bonds. The van der Waals surface area contributed by atoms with Crippen molar-refractivity contribution in [2.45, 2.75) is 6.92 Å². The van der Waals surface area contributed by atoms with Gasteiger partial charge in [-0.1, -0.05) is 30.3 Å². The van der Waals surface area contributed by atoms with E-state index in [2.05, 4.69) is 58.2 Å². The Labute approximate surface area is 111 Å². The zero-order valence-corrected chi connectivity index (χ0v) is 10.9. The van der Waals surface area contributed by atoms with Crippen LogP contribution in [0.1, 0.15) is 5.69 Å². The number of benzene rings is 1. The standard InChI is InChI=1S/C16H13NS/c1-12-9-15(13-5-3-2-4-6-13)10-16(17-12)14-7-8-18-11-14/h2-11H,1H3. The average molecular weight is 251 g/mol. The van der Waals surface area contributed by atoms with Crippen LogP contribution in [-0.4, -0.2) is 4.98 Å². The Morgan fingerprint density at radius 1 is 0.889 bits per heavy atom. The third-order valence-electron chi connectivity index (χ3n) is 2.88. The summed E-state index contributed by atoms with van der Waals surface area (Å²) in [6.45, 7) is 2.04. The molecule has 0 N–H and O–H groups in total. The third-order valence-corrected chi connectivity index (χ3v) is 3.56. The molecule has 0 saturated heterocycles. The Kier molecular flexibility index (Phi) is 2.95. The number of nitrogens with zero attached hydrogens (tertiary/aromatic N) is 1. The number of hydrogen-bond donors (Lipinski definition) is 0. The van der Waals surface area contributed by atoms with Crippen molar-refractivity contribution < 1.29 is 0 Å². The number of aryl methyl sites for hydroxylation is 1. The first-order valence-electron chi connectivity index (χ1n) is 5.89. The molecule has 18 heavy (non-hydrogen) atoms. The summed E-state index contributed by atoms with van der Waals surface area (Å²) in [6, 6.07) is 16.8. The van der Waals surface area contributed by atoms with E-state index in [9.17, 15) is 0 Å². The van der Waals surface area contributed by atoms with Gasteiger partial charge in [-0.3, -0.25) is 4.98 Å². The predicted octanol–water partition coefficient (Wildman–Crippen LogP) is 4.79. The van der Waals surface area contributed by atoms with Crippen molar-refractivity contribution in [3.63, 3.8) is 0 Å². The van der Waals surface area contributed by atoms with Crippen LogP contribution < -0.4 is 0 Å². The van der Waals surface area contributed by atoms with E-state index in [1.54, 1.807) is 11.3 Å². The van der Waals surface area contributed by atoms with Crippen molar-refractivity contribution in [3.05, 3.63) is 65.0 Å². The molecule has 0 aliphatic rings. The maximum absolute atomic E-state index is 4.61. The number of hydrogen-bond acceptors (Lipinski definition) is 2. The van der Waals surface area contributed by atoms with Crippen molar-refractivity contribution >= 4 is 11.3 Å². The van der Waals surface area contributed by atoms with Gasteiger partial charge in [0.1, 0.15) is 0 Å². The molecule has 0 fully saturated rings. The molecule has 2 heterocycles. The van der Waals surface area contributed by atoms with Crippen LogP contribution in [0.4, 0.5) is 0 Å². The van der Waals surface area contributed by atoms with Gasteiger partial charge in [-0.05, 0) is 41.6 Å². The highest BCUT2D eigenvalue weighted by molar-refractivity contribution is 7.08. The van der Waals surface area contributed by atoms with Crippen LogP contribution in [0, 0.1) is 6.92 Å². The van der Waals surface area contributed by atoms with Gasteiger partial charge in [-0.25, -0.2) is 0 Å². The second kappa shape index (κ2) is 4.75. The molecular formula is C16H13NS. The Hall–Kier alpha value is -1.93. The van der Waals surface area contributed by atoms with Crippen LogP contribution in [0.3, 0.4) is 0 Å². The fourth-order valence-electron chi connectivity index (χ4n) is 2.02. The molecule has 3 aromatic rings. The van der Waals surface area contributed by atoms with Gasteiger partial charge in [0.15, 0.2) is 0 Å². The fraction of sp³-hybridized carbons (Fsp3) is 0.0625. The summed E-state index contributed by atoms with van der Waals surface area (Å²) in [4.78, 5) is 4.61. The predicted molar refractivity (Wildman–Crippen MR) is 77.7 cm³/mol. The average Bonchev–Trinajstić information content (AvgIpc) is 2.93. The Morgan fingerprint density at radius 3 is 2.44 bits per heavy atom. The van der Waals surface area contributed by atoms with Crippen molar-refractivity contribution in [2.75, 3.05) is 0 Å². The van der Waals surface area contributed by atoms with Crippen LogP contribution in [0.2, 0.25) is 0 Å². The molecule has 0 aliphatic carbocycles. The van der Waals surface area contributed by atoms with Gasteiger partial charge >= 0.3 is 0 Å². The van der Waals surface area contributed by atoms with E-state index in [0.717, 1.165) is 11.4 Å². The molecule has 0 aliphatic heterocycles. The molecule has 0 unspecified atom stereocenters. The Morgan fingerprint density at radius 2 is 1.72 bits per heavy atom.